The van der Waals surface area contributed by atoms with Gasteiger partial charge in [0.15, 0.2) is 5.75 Å². The summed E-state index contributed by atoms with van der Waals surface area (Å²) in [6.45, 7) is 1.94. The number of phenolic OH excluding ortho intramolecular Hbond substituents is 1. The van der Waals surface area contributed by atoms with Crippen LogP contribution in [0, 0.1) is 0 Å². The van der Waals surface area contributed by atoms with Crippen LogP contribution in [0.3, 0.4) is 0 Å². The number of aromatic hydroxyl groups is 1. The maximum absolute atomic E-state index is 9.50. The zero-order valence-electron chi connectivity index (χ0n) is 9.68. The summed E-state index contributed by atoms with van der Waals surface area (Å²) in [4.78, 5) is 0. The molecule has 1 heterocycles. The molecule has 0 bridgehead atoms. The number of anilines is 1. The van der Waals surface area contributed by atoms with E-state index in [9.17, 15) is 5.11 Å². The smallest absolute Gasteiger partial charge is 0.152 e. The molecule has 0 saturated heterocycles. The van der Waals surface area contributed by atoms with Crippen molar-refractivity contribution in [3.05, 3.63) is 42.5 Å². The van der Waals surface area contributed by atoms with Crippen LogP contribution < -0.4 is 5.32 Å². The monoisotopic (exact) mass is 355 g/mol. The summed E-state index contributed by atoms with van der Waals surface area (Å²) >= 11 is 25.1. The van der Waals surface area contributed by atoms with Crippen molar-refractivity contribution in [3.8, 4) is 5.75 Å². The largest absolute Gasteiger partial charge is 0.505 e. The van der Waals surface area contributed by atoms with E-state index >= 15 is 0 Å². The number of rotatable bonds is 3. The number of thiophene rings is 1. The lowest BCUT2D eigenvalue weighted by Crippen LogP contribution is -2.06. The zero-order chi connectivity index (χ0) is 14.2. The van der Waals surface area contributed by atoms with Crippen LogP contribution in [-0.4, -0.2) is 5.11 Å². The van der Waals surface area contributed by atoms with Crippen LogP contribution in [0.2, 0.25) is 18.7 Å². The van der Waals surface area contributed by atoms with E-state index in [1.807, 2.05) is 13.0 Å². The summed E-state index contributed by atoms with van der Waals surface area (Å²) in [7, 11) is 0. The Morgan fingerprint density at radius 3 is 2.16 bits per heavy atom. The minimum absolute atomic E-state index is 0.0621. The molecule has 0 fully saturated rings. The summed E-state index contributed by atoms with van der Waals surface area (Å²) in [6.07, 6.45) is 0. The molecule has 1 aromatic carbocycles. The Morgan fingerprint density at radius 1 is 1.11 bits per heavy atom. The van der Waals surface area contributed by atoms with Crippen LogP contribution in [0.5, 0.6) is 5.75 Å². The van der Waals surface area contributed by atoms with Crippen LogP contribution in [0.15, 0.2) is 18.2 Å². The van der Waals surface area contributed by atoms with Gasteiger partial charge in [-0.25, -0.2) is 0 Å². The van der Waals surface area contributed by atoms with E-state index in [2.05, 4.69) is 5.32 Å². The first kappa shape index (κ1) is 15.1. The molecule has 102 valence electrons. The first-order valence-electron chi connectivity index (χ1n) is 5.27. The third-order valence-electron chi connectivity index (χ3n) is 2.55. The van der Waals surface area contributed by atoms with Gasteiger partial charge in [0.25, 0.3) is 0 Å². The van der Waals surface area contributed by atoms with E-state index < -0.39 is 0 Å². The van der Waals surface area contributed by atoms with Crippen molar-refractivity contribution in [2.75, 3.05) is 5.32 Å². The second-order valence-electron chi connectivity index (χ2n) is 3.93. The van der Waals surface area contributed by atoms with E-state index in [0.29, 0.717) is 14.4 Å². The molecule has 19 heavy (non-hydrogen) atoms. The van der Waals surface area contributed by atoms with Crippen molar-refractivity contribution in [3.63, 3.8) is 0 Å². The number of nitrogens with one attached hydrogen (secondary N) is 1. The van der Waals surface area contributed by atoms with E-state index in [-0.39, 0.29) is 21.8 Å². The molecule has 2 rings (SSSR count). The molecule has 1 aromatic heterocycles. The maximum atomic E-state index is 9.50. The quantitative estimate of drug-likeness (QED) is 0.638. The second-order valence-corrected chi connectivity index (χ2v) is 7.03. The molecule has 1 unspecified atom stereocenters. The molecule has 0 spiro atoms. The highest BCUT2D eigenvalue weighted by Crippen LogP contribution is 2.38. The van der Waals surface area contributed by atoms with Gasteiger partial charge in [0.2, 0.25) is 0 Å². The molecule has 2 N–H and O–H groups in total. The Kier molecular flexibility index (Phi) is 4.75. The molecule has 0 aliphatic rings. The van der Waals surface area contributed by atoms with Crippen molar-refractivity contribution < 1.29 is 5.11 Å². The van der Waals surface area contributed by atoms with Gasteiger partial charge in [-0.05, 0) is 25.1 Å². The second kappa shape index (κ2) is 5.98. The molecular weight excluding hydrogens is 348 g/mol. The Balaban J connectivity index is 2.24. The average molecular weight is 357 g/mol. The summed E-state index contributed by atoms with van der Waals surface area (Å²) < 4.78 is 1.27. The van der Waals surface area contributed by atoms with Gasteiger partial charge in [0.05, 0.1) is 24.8 Å². The molecule has 0 amide bonds. The fourth-order valence-corrected chi connectivity index (χ4v) is 3.76. The molecule has 0 saturated carbocycles. The highest BCUT2D eigenvalue weighted by Gasteiger charge is 2.14. The van der Waals surface area contributed by atoms with Gasteiger partial charge in [0.1, 0.15) is 0 Å². The fourth-order valence-electron chi connectivity index (χ4n) is 1.62. The number of halogens is 4. The third-order valence-corrected chi connectivity index (χ3v) is 4.64. The van der Waals surface area contributed by atoms with Gasteiger partial charge >= 0.3 is 0 Å². The first-order chi connectivity index (χ1) is 8.88. The number of hydrogen-bond acceptors (Lipinski definition) is 3. The molecule has 7 heteroatoms. The van der Waals surface area contributed by atoms with Gasteiger partial charge in [0, 0.05) is 11.3 Å². The number of phenols is 1. The molecule has 2 nitrogen and oxygen atoms in total. The fraction of sp³-hybridized carbons (Fsp3) is 0.167. The molecule has 0 aliphatic carbocycles. The van der Waals surface area contributed by atoms with E-state index in [1.54, 1.807) is 12.1 Å². The standard InChI is InChI=1S/C12H9Cl4NOS/c1-5(7-4-10(15)19-12(7)16)17-6-2-8(13)11(18)9(14)3-6/h2-5,17-18H,1H3. The van der Waals surface area contributed by atoms with Gasteiger partial charge in [-0.1, -0.05) is 46.4 Å². The van der Waals surface area contributed by atoms with Crippen molar-refractivity contribution >= 4 is 63.4 Å². The predicted molar refractivity (Wildman–Crippen MR) is 84.5 cm³/mol. The van der Waals surface area contributed by atoms with Crippen LogP contribution in [0.4, 0.5) is 5.69 Å². The summed E-state index contributed by atoms with van der Waals surface area (Å²) in [6, 6.07) is 4.95. The zero-order valence-corrected chi connectivity index (χ0v) is 13.5. The maximum Gasteiger partial charge on any atom is 0.152 e. The van der Waals surface area contributed by atoms with Gasteiger partial charge in [-0.3, -0.25) is 0 Å². The minimum Gasteiger partial charge on any atom is -0.505 e. The topological polar surface area (TPSA) is 32.3 Å². The van der Waals surface area contributed by atoms with Crippen LogP contribution in [0.25, 0.3) is 0 Å². The normalized spacial score (nSPS) is 12.5. The predicted octanol–water partition coefficient (Wildman–Crippen LogP) is 6.24. The summed E-state index contributed by atoms with van der Waals surface area (Å²) in [5.41, 5.74) is 1.59. The first-order valence-corrected chi connectivity index (χ1v) is 7.60. The molecule has 1 atom stereocenters. The van der Waals surface area contributed by atoms with Crippen molar-refractivity contribution in [1.29, 1.82) is 0 Å². The lowest BCUT2D eigenvalue weighted by atomic mass is 10.1. The highest BCUT2D eigenvalue weighted by molar-refractivity contribution is 7.20. The van der Waals surface area contributed by atoms with Crippen molar-refractivity contribution in [1.82, 2.24) is 0 Å². The number of benzene rings is 1. The van der Waals surface area contributed by atoms with E-state index in [1.165, 1.54) is 11.3 Å². The molecular formula is C12H9Cl4NOS. The third kappa shape index (κ3) is 3.41. The average Bonchev–Trinajstić information content (AvgIpc) is 2.65. The van der Waals surface area contributed by atoms with Gasteiger partial charge in [-0.2, -0.15) is 0 Å². The van der Waals surface area contributed by atoms with Gasteiger partial charge < -0.3 is 10.4 Å². The molecule has 0 aliphatic heterocycles. The summed E-state index contributed by atoms with van der Waals surface area (Å²) in [5.74, 6) is -0.127. The van der Waals surface area contributed by atoms with E-state index in [4.69, 9.17) is 46.4 Å². The molecule has 0 radical (unpaired) electrons. The number of hydrogen-bond donors (Lipinski definition) is 2. The van der Waals surface area contributed by atoms with Crippen LogP contribution in [0.1, 0.15) is 18.5 Å². The van der Waals surface area contributed by atoms with Gasteiger partial charge in [-0.15, -0.1) is 11.3 Å². The van der Waals surface area contributed by atoms with Crippen molar-refractivity contribution in [2.45, 2.75) is 13.0 Å². The highest BCUT2D eigenvalue weighted by atomic mass is 35.5. The molecule has 2 aromatic rings. The van der Waals surface area contributed by atoms with Crippen LogP contribution in [-0.2, 0) is 0 Å². The van der Waals surface area contributed by atoms with Crippen molar-refractivity contribution in [2.24, 2.45) is 0 Å². The van der Waals surface area contributed by atoms with Crippen LogP contribution >= 0.6 is 57.7 Å². The Bertz CT molecular complexity index is 591. The lowest BCUT2D eigenvalue weighted by Gasteiger charge is -2.15. The minimum atomic E-state index is -0.127. The Morgan fingerprint density at radius 2 is 1.68 bits per heavy atom. The Hall–Kier alpha value is -0.320. The van der Waals surface area contributed by atoms with E-state index in [0.717, 1.165) is 5.56 Å². The lowest BCUT2D eigenvalue weighted by molar-refractivity contribution is 0.476. The SMILES string of the molecule is CC(Nc1cc(Cl)c(O)c(Cl)c1)c1cc(Cl)sc1Cl. The Labute approximate surface area is 134 Å². The summed E-state index contributed by atoms with van der Waals surface area (Å²) in [5, 5.41) is 13.1.